The van der Waals surface area contributed by atoms with Crippen LogP contribution < -0.4 is 10.1 Å². The number of halogens is 1. The van der Waals surface area contributed by atoms with Crippen LogP contribution in [0.4, 0.5) is 11.4 Å². The van der Waals surface area contributed by atoms with Gasteiger partial charge in [-0.15, -0.1) is 0 Å². The van der Waals surface area contributed by atoms with Crippen LogP contribution >= 0.6 is 22.6 Å². The number of nitrogens with zero attached hydrogens (tertiary/aromatic N) is 1. The largest absolute Gasteiger partial charge is 0.494 e. The van der Waals surface area contributed by atoms with E-state index >= 15 is 0 Å². The molecule has 0 unspecified atom stereocenters. The van der Waals surface area contributed by atoms with Crippen molar-refractivity contribution in [3.05, 3.63) is 61.7 Å². The van der Waals surface area contributed by atoms with Gasteiger partial charge >= 0.3 is 5.97 Å². The number of methoxy groups -OCH3 is 1. The first kappa shape index (κ1) is 18.6. The zero-order chi connectivity index (χ0) is 18.4. The number of esters is 1. The van der Waals surface area contributed by atoms with Crippen LogP contribution in [-0.2, 0) is 9.53 Å². The molecular formula is C16H13IN2O6. The maximum Gasteiger partial charge on any atom is 0.338 e. The number of hydrogen-bond donors (Lipinski definition) is 1. The standard InChI is InChI=1S/C16H13IN2O6/c1-24-14-8-12(19(22)23)6-7-13(14)18-15(20)9-25-16(21)10-2-4-11(17)5-3-10/h2-8H,9H2,1H3,(H,18,20). The molecule has 0 aliphatic carbocycles. The number of benzene rings is 2. The maximum absolute atomic E-state index is 11.9. The summed E-state index contributed by atoms with van der Waals surface area (Å²) >= 11 is 2.11. The normalized spacial score (nSPS) is 10.0. The molecule has 0 aliphatic rings. The summed E-state index contributed by atoms with van der Waals surface area (Å²) in [5, 5.41) is 13.2. The Bertz CT molecular complexity index is 807. The smallest absolute Gasteiger partial charge is 0.338 e. The molecule has 1 N–H and O–H groups in total. The van der Waals surface area contributed by atoms with Gasteiger partial charge in [-0.25, -0.2) is 4.79 Å². The van der Waals surface area contributed by atoms with Crippen LogP contribution in [0.3, 0.4) is 0 Å². The van der Waals surface area contributed by atoms with Gasteiger partial charge in [0.15, 0.2) is 6.61 Å². The molecule has 0 spiro atoms. The van der Waals surface area contributed by atoms with Crippen LogP contribution in [0.1, 0.15) is 10.4 Å². The van der Waals surface area contributed by atoms with Crippen molar-refractivity contribution in [2.75, 3.05) is 19.0 Å². The molecule has 0 aromatic heterocycles. The lowest BCUT2D eigenvalue weighted by Gasteiger charge is -2.10. The summed E-state index contributed by atoms with van der Waals surface area (Å²) in [6.45, 7) is -0.495. The molecule has 0 aliphatic heterocycles. The molecule has 0 saturated heterocycles. The molecule has 0 bridgehead atoms. The summed E-state index contributed by atoms with van der Waals surface area (Å²) < 4.78 is 10.9. The molecule has 2 aromatic rings. The number of hydrogen-bond acceptors (Lipinski definition) is 6. The third-order valence-electron chi connectivity index (χ3n) is 3.08. The third-order valence-corrected chi connectivity index (χ3v) is 3.80. The summed E-state index contributed by atoms with van der Waals surface area (Å²) in [4.78, 5) is 33.9. The SMILES string of the molecule is COc1cc([N+](=O)[O-])ccc1NC(=O)COC(=O)c1ccc(I)cc1. The van der Waals surface area contributed by atoms with Crippen molar-refractivity contribution < 1.29 is 24.0 Å². The second kappa shape index (κ2) is 8.42. The van der Waals surface area contributed by atoms with E-state index in [1.54, 1.807) is 24.3 Å². The van der Waals surface area contributed by atoms with Gasteiger partial charge in [0.2, 0.25) is 0 Å². The van der Waals surface area contributed by atoms with E-state index in [1.165, 1.54) is 25.3 Å². The summed E-state index contributed by atoms with van der Waals surface area (Å²) in [5.74, 6) is -1.08. The van der Waals surface area contributed by atoms with Crippen molar-refractivity contribution in [3.63, 3.8) is 0 Å². The average molecular weight is 456 g/mol. The van der Waals surface area contributed by atoms with Crippen molar-refractivity contribution in [1.29, 1.82) is 0 Å². The molecule has 8 nitrogen and oxygen atoms in total. The highest BCUT2D eigenvalue weighted by molar-refractivity contribution is 14.1. The monoisotopic (exact) mass is 456 g/mol. The molecule has 9 heteroatoms. The van der Waals surface area contributed by atoms with Gasteiger partial charge in [-0.3, -0.25) is 14.9 Å². The summed E-state index contributed by atoms with van der Waals surface area (Å²) in [7, 11) is 1.32. The molecule has 2 rings (SSSR count). The molecule has 2 aromatic carbocycles. The minimum Gasteiger partial charge on any atom is -0.494 e. The van der Waals surface area contributed by atoms with Gasteiger partial charge in [-0.1, -0.05) is 0 Å². The third kappa shape index (κ3) is 5.14. The van der Waals surface area contributed by atoms with Crippen LogP contribution in [0.15, 0.2) is 42.5 Å². The maximum atomic E-state index is 11.9. The molecule has 0 radical (unpaired) electrons. The van der Waals surface area contributed by atoms with Gasteiger partial charge < -0.3 is 14.8 Å². The molecule has 0 saturated carbocycles. The van der Waals surface area contributed by atoms with Crippen molar-refractivity contribution in [3.8, 4) is 5.75 Å². The quantitative estimate of drug-likeness (QED) is 0.310. The minimum absolute atomic E-state index is 0.131. The number of nitro groups is 1. The number of amides is 1. The highest BCUT2D eigenvalue weighted by atomic mass is 127. The number of carbonyl (C=O) groups excluding carboxylic acids is 2. The molecule has 0 fully saturated rings. The van der Waals surface area contributed by atoms with E-state index in [4.69, 9.17) is 9.47 Å². The second-order valence-corrected chi connectivity index (χ2v) is 6.02. The van der Waals surface area contributed by atoms with Gasteiger partial charge in [0.1, 0.15) is 5.75 Å². The highest BCUT2D eigenvalue weighted by Crippen LogP contribution is 2.28. The predicted octanol–water partition coefficient (Wildman–Crippen LogP) is 3.00. The lowest BCUT2D eigenvalue weighted by atomic mass is 10.2. The second-order valence-electron chi connectivity index (χ2n) is 4.77. The Morgan fingerprint density at radius 3 is 2.48 bits per heavy atom. The zero-order valence-electron chi connectivity index (χ0n) is 13.0. The molecule has 0 heterocycles. The minimum atomic E-state index is -0.623. The zero-order valence-corrected chi connectivity index (χ0v) is 15.2. The lowest BCUT2D eigenvalue weighted by molar-refractivity contribution is -0.384. The van der Waals surface area contributed by atoms with Crippen LogP contribution in [0.5, 0.6) is 5.75 Å². The Hall–Kier alpha value is -2.69. The first-order valence-corrected chi connectivity index (χ1v) is 8.03. The molecule has 130 valence electrons. The van der Waals surface area contributed by atoms with Crippen molar-refractivity contribution in [2.24, 2.45) is 0 Å². The first-order valence-electron chi connectivity index (χ1n) is 6.95. The van der Waals surface area contributed by atoms with E-state index in [9.17, 15) is 19.7 Å². The Labute approximate surface area is 156 Å². The molecular weight excluding hydrogens is 443 g/mol. The van der Waals surface area contributed by atoms with Crippen molar-refractivity contribution in [1.82, 2.24) is 0 Å². The summed E-state index contributed by atoms with van der Waals surface area (Å²) in [5.41, 5.74) is 0.407. The van der Waals surface area contributed by atoms with E-state index in [0.29, 0.717) is 5.56 Å². The van der Waals surface area contributed by atoms with Crippen LogP contribution in [0, 0.1) is 13.7 Å². The van der Waals surface area contributed by atoms with Gasteiger partial charge in [0.05, 0.1) is 29.4 Å². The van der Waals surface area contributed by atoms with Gasteiger partial charge in [-0.05, 0) is 52.9 Å². The van der Waals surface area contributed by atoms with E-state index < -0.39 is 23.4 Å². The average Bonchev–Trinajstić information content (AvgIpc) is 2.60. The lowest BCUT2D eigenvalue weighted by Crippen LogP contribution is -2.21. The van der Waals surface area contributed by atoms with Crippen molar-refractivity contribution >= 4 is 45.8 Å². The van der Waals surface area contributed by atoms with Gasteiger partial charge in [0.25, 0.3) is 11.6 Å². The first-order chi connectivity index (χ1) is 11.9. The van der Waals surface area contributed by atoms with E-state index in [0.717, 1.165) is 3.57 Å². The Morgan fingerprint density at radius 2 is 1.88 bits per heavy atom. The van der Waals surface area contributed by atoms with Crippen LogP contribution in [0.2, 0.25) is 0 Å². The fourth-order valence-electron chi connectivity index (χ4n) is 1.88. The van der Waals surface area contributed by atoms with E-state index in [2.05, 4.69) is 27.9 Å². The van der Waals surface area contributed by atoms with Crippen LogP contribution in [0.25, 0.3) is 0 Å². The number of nitrogens with one attached hydrogen (secondary N) is 1. The van der Waals surface area contributed by atoms with Gasteiger partial charge in [-0.2, -0.15) is 0 Å². The molecule has 0 atom stereocenters. The number of non-ortho nitro benzene ring substituents is 1. The number of nitro benzene ring substituents is 1. The number of anilines is 1. The van der Waals surface area contributed by atoms with Gasteiger partial charge in [0, 0.05) is 9.64 Å². The van der Waals surface area contributed by atoms with E-state index in [-0.39, 0.29) is 17.1 Å². The number of ether oxygens (including phenoxy) is 2. The molecule has 25 heavy (non-hydrogen) atoms. The van der Waals surface area contributed by atoms with E-state index in [1.807, 2.05) is 0 Å². The van der Waals surface area contributed by atoms with Crippen molar-refractivity contribution in [2.45, 2.75) is 0 Å². The fourth-order valence-corrected chi connectivity index (χ4v) is 2.24. The summed E-state index contributed by atoms with van der Waals surface area (Å²) in [6, 6.07) is 10.5. The highest BCUT2D eigenvalue weighted by Gasteiger charge is 2.15. The Morgan fingerprint density at radius 1 is 1.20 bits per heavy atom. The number of rotatable bonds is 6. The Balaban J connectivity index is 1.97. The van der Waals surface area contributed by atoms with Crippen LogP contribution in [-0.4, -0.2) is 30.5 Å². The fraction of sp³-hybridized carbons (Fsp3) is 0.125. The topological polar surface area (TPSA) is 108 Å². The summed E-state index contributed by atoms with van der Waals surface area (Å²) in [6.07, 6.45) is 0. The molecule has 1 amide bonds. The number of carbonyl (C=O) groups is 2. The predicted molar refractivity (Wildman–Crippen MR) is 97.7 cm³/mol. The Kier molecular flexibility index (Phi) is 6.28.